The Labute approximate surface area is 117 Å². The Morgan fingerprint density at radius 2 is 1.65 bits per heavy atom. The molecule has 1 amide bonds. The van der Waals surface area contributed by atoms with Gasteiger partial charge in [-0.3, -0.25) is 14.5 Å². The van der Waals surface area contributed by atoms with Gasteiger partial charge in [-0.05, 0) is 23.8 Å². The van der Waals surface area contributed by atoms with Gasteiger partial charge in [0.1, 0.15) is 0 Å². The molecule has 1 heterocycles. The maximum atomic E-state index is 12.5. The predicted octanol–water partition coefficient (Wildman–Crippen LogP) is 3.28. The molecule has 20 heavy (non-hydrogen) atoms. The number of carbonyl (C=O) groups excluding carboxylic acids is 2. The number of anilines is 1. The van der Waals surface area contributed by atoms with Gasteiger partial charge >= 0.3 is 0 Å². The normalized spacial score (nSPS) is 15.6. The van der Waals surface area contributed by atoms with Crippen molar-refractivity contribution < 1.29 is 9.59 Å². The summed E-state index contributed by atoms with van der Waals surface area (Å²) in [6.45, 7) is 1.47. The molecule has 2 aromatic rings. The number of rotatable bonds is 1. The quantitative estimate of drug-likeness (QED) is 0.740. The maximum absolute atomic E-state index is 12.5. The highest BCUT2D eigenvalue weighted by Crippen LogP contribution is 2.35. The van der Waals surface area contributed by atoms with Crippen molar-refractivity contribution in [2.75, 3.05) is 4.90 Å². The second-order valence-corrected chi connectivity index (χ2v) is 4.64. The van der Waals surface area contributed by atoms with Crippen LogP contribution in [0.15, 0.2) is 60.3 Å². The summed E-state index contributed by atoms with van der Waals surface area (Å²) in [7, 11) is 0. The van der Waals surface area contributed by atoms with Crippen LogP contribution < -0.4 is 4.90 Å². The summed E-state index contributed by atoms with van der Waals surface area (Å²) in [6.07, 6.45) is 1.75. The average Bonchev–Trinajstić information content (AvgIpc) is 2.74. The van der Waals surface area contributed by atoms with Crippen LogP contribution >= 0.6 is 0 Å². The highest BCUT2D eigenvalue weighted by atomic mass is 16.2. The number of hydrogen-bond acceptors (Lipinski definition) is 2. The molecule has 0 saturated heterocycles. The van der Waals surface area contributed by atoms with E-state index in [0.29, 0.717) is 16.9 Å². The molecule has 0 N–H and O–H groups in total. The molecule has 2 aromatic carbocycles. The number of fused-ring (bicyclic) bond motifs is 1. The molecule has 0 saturated carbocycles. The van der Waals surface area contributed by atoms with Gasteiger partial charge in [0.15, 0.2) is 0 Å². The zero-order valence-corrected chi connectivity index (χ0v) is 11.0. The van der Waals surface area contributed by atoms with Crippen LogP contribution in [0.4, 0.5) is 5.69 Å². The van der Waals surface area contributed by atoms with Crippen LogP contribution in [-0.2, 0) is 4.79 Å². The van der Waals surface area contributed by atoms with Crippen LogP contribution in [0.1, 0.15) is 22.8 Å². The number of allylic oxidation sites excluding steroid dienone is 1. The summed E-state index contributed by atoms with van der Waals surface area (Å²) in [6, 6.07) is 16.7. The number of amides is 1. The first-order valence-electron chi connectivity index (χ1n) is 6.39. The number of carbonyl (C=O) groups is 2. The molecule has 0 aromatic heterocycles. The fraction of sp³-hybridized carbons (Fsp3) is 0.0588. The highest BCUT2D eigenvalue weighted by molar-refractivity contribution is 6.26. The van der Waals surface area contributed by atoms with Crippen LogP contribution in [0, 0.1) is 0 Å². The Kier molecular flexibility index (Phi) is 2.95. The lowest BCUT2D eigenvalue weighted by atomic mass is 10.1. The Morgan fingerprint density at radius 3 is 2.35 bits per heavy atom. The fourth-order valence-electron chi connectivity index (χ4n) is 2.41. The lowest BCUT2D eigenvalue weighted by molar-refractivity contribution is -0.116. The standard InChI is InChI=1S/C17H13NO2/c1-12(19)18-15-10-6-5-9-14(15)17(20)16(18)11-13-7-3-2-4-8-13/h2-11H,1H3/b16-11+. The summed E-state index contributed by atoms with van der Waals surface area (Å²) >= 11 is 0. The summed E-state index contributed by atoms with van der Waals surface area (Å²) in [5, 5.41) is 0. The molecule has 1 aliphatic rings. The first-order valence-corrected chi connectivity index (χ1v) is 6.39. The van der Waals surface area contributed by atoms with Crippen LogP contribution in [0.25, 0.3) is 6.08 Å². The third-order valence-electron chi connectivity index (χ3n) is 3.28. The van der Waals surface area contributed by atoms with Gasteiger partial charge in [0.25, 0.3) is 0 Å². The second-order valence-electron chi connectivity index (χ2n) is 4.64. The molecule has 0 unspecified atom stereocenters. The molecular formula is C17H13NO2. The largest absolute Gasteiger partial charge is 0.287 e. The SMILES string of the molecule is CC(=O)N1/C(=C/c2ccccc2)C(=O)c2ccccc21. The number of benzene rings is 2. The van der Waals surface area contributed by atoms with E-state index >= 15 is 0 Å². The molecule has 3 nitrogen and oxygen atoms in total. The van der Waals surface area contributed by atoms with Gasteiger partial charge < -0.3 is 0 Å². The number of nitrogens with zero attached hydrogens (tertiary/aromatic N) is 1. The molecule has 1 aliphatic heterocycles. The van der Waals surface area contributed by atoms with Crippen molar-refractivity contribution >= 4 is 23.5 Å². The fourth-order valence-corrected chi connectivity index (χ4v) is 2.41. The van der Waals surface area contributed by atoms with Crippen LogP contribution in [0.2, 0.25) is 0 Å². The number of ketones is 1. The van der Waals surface area contributed by atoms with Gasteiger partial charge in [0.05, 0.1) is 11.4 Å². The van der Waals surface area contributed by atoms with E-state index in [2.05, 4.69) is 0 Å². The molecule has 98 valence electrons. The highest BCUT2D eigenvalue weighted by Gasteiger charge is 2.34. The maximum Gasteiger partial charge on any atom is 0.228 e. The molecular weight excluding hydrogens is 250 g/mol. The van der Waals surface area contributed by atoms with Crippen molar-refractivity contribution in [1.82, 2.24) is 0 Å². The average molecular weight is 263 g/mol. The van der Waals surface area contributed by atoms with Gasteiger partial charge in [-0.25, -0.2) is 0 Å². The molecule has 0 spiro atoms. The minimum atomic E-state index is -0.162. The van der Waals surface area contributed by atoms with Crippen molar-refractivity contribution in [3.05, 3.63) is 71.4 Å². The number of hydrogen-bond donors (Lipinski definition) is 0. The lowest BCUT2D eigenvalue weighted by Crippen LogP contribution is -2.25. The molecule has 0 aliphatic carbocycles. The third kappa shape index (κ3) is 1.93. The minimum Gasteiger partial charge on any atom is -0.287 e. The van der Waals surface area contributed by atoms with E-state index in [9.17, 15) is 9.59 Å². The van der Waals surface area contributed by atoms with Crippen molar-refractivity contribution in [2.24, 2.45) is 0 Å². The van der Waals surface area contributed by atoms with Crippen LogP contribution in [-0.4, -0.2) is 11.7 Å². The van der Waals surface area contributed by atoms with Crippen LogP contribution in [0.3, 0.4) is 0 Å². The Morgan fingerprint density at radius 1 is 1.00 bits per heavy atom. The lowest BCUT2D eigenvalue weighted by Gasteiger charge is -2.15. The summed E-state index contributed by atoms with van der Waals surface area (Å²) < 4.78 is 0. The zero-order chi connectivity index (χ0) is 14.1. The van der Waals surface area contributed by atoms with Crippen molar-refractivity contribution in [2.45, 2.75) is 6.92 Å². The minimum absolute atomic E-state index is 0.111. The van der Waals surface area contributed by atoms with E-state index in [4.69, 9.17) is 0 Å². The first kappa shape index (κ1) is 12.4. The zero-order valence-electron chi connectivity index (χ0n) is 11.0. The van der Waals surface area contributed by atoms with Gasteiger partial charge in [-0.1, -0.05) is 42.5 Å². The molecule has 3 rings (SSSR count). The molecule has 0 atom stereocenters. The summed E-state index contributed by atoms with van der Waals surface area (Å²) in [4.78, 5) is 25.8. The van der Waals surface area contributed by atoms with Crippen LogP contribution in [0.5, 0.6) is 0 Å². The van der Waals surface area contributed by atoms with E-state index in [1.54, 1.807) is 24.3 Å². The van der Waals surface area contributed by atoms with Crippen molar-refractivity contribution in [3.63, 3.8) is 0 Å². The molecule has 3 heteroatoms. The molecule has 0 fully saturated rings. The monoisotopic (exact) mass is 263 g/mol. The van der Waals surface area contributed by atoms with E-state index in [-0.39, 0.29) is 11.7 Å². The third-order valence-corrected chi connectivity index (χ3v) is 3.28. The van der Waals surface area contributed by atoms with E-state index < -0.39 is 0 Å². The van der Waals surface area contributed by atoms with Crippen molar-refractivity contribution in [1.29, 1.82) is 0 Å². The Balaban J connectivity index is 2.15. The van der Waals surface area contributed by atoms with E-state index in [1.165, 1.54) is 11.8 Å². The topological polar surface area (TPSA) is 37.4 Å². The summed E-state index contributed by atoms with van der Waals surface area (Å²) in [5.74, 6) is -0.273. The van der Waals surface area contributed by atoms with Gasteiger partial charge in [0.2, 0.25) is 11.7 Å². The smallest absolute Gasteiger partial charge is 0.228 e. The molecule has 0 radical (unpaired) electrons. The second kappa shape index (κ2) is 4.78. The summed E-state index contributed by atoms with van der Waals surface area (Å²) in [5.41, 5.74) is 2.54. The van der Waals surface area contributed by atoms with Gasteiger partial charge in [-0.15, -0.1) is 0 Å². The Bertz CT molecular complexity index is 717. The Hall–Kier alpha value is -2.68. The van der Waals surface area contributed by atoms with E-state index in [0.717, 1.165) is 5.56 Å². The number of para-hydroxylation sites is 1. The predicted molar refractivity (Wildman–Crippen MR) is 78.4 cm³/mol. The van der Waals surface area contributed by atoms with E-state index in [1.807, 2.05) is 36.4 Å². The first-order chi connectivity index (χ1) is 9.68. The van der Waals surface area contributed by atoms with Gasteiger partial charge in [0, 0.05) is 12.5 Å². The number of Topliss-reactive ketones (excluding diaryl/α,β-unsaturated/α-hetero) is 1. The van der Waals surface area contributed by atoms with Crippen molar-refractivity contribution in [3.8, 4) is 0 Å². The van der Waals surface area contributed by atoms with Gasteiger partial charge in [-0.2, -0.15) is 0 Å². The molecule has 0 bridgehead atoms.